The number of fused-ring (bicyclic) bond motifs is 2. The summed E-state index contributed by atoms with van der Waals surface area (Å²) >= 11 is 0. The Bertz CT molecular complexity index is 1530. The molecule has 0 aromatic heterocycles. The van der Waals surface area contributed by atoms with Crippen LogP contribution in [0.3, 0.4) is 0 Å². The fourth-order valence-corrected chi connectivity index (χ4v) is 7.47. The van der Waals surface area contributed by atoms with Crippen molar-refractivity contribution in [3.63, 3.8) is 0 Å². The van der Waals surface area contributed by atoms with Gasteiger partial charge < -0.3 is 24.1 Å². The van der Waals surface area contributed by atoms with E-state index < -0.39 is 28.3 Å². The van der Waals surface area contributed by atoms with E-state index in [-0.39, 0.29) is 41.0 Å². The Kier molecular flexibility index (Phi) is 5.82. The van der Waals surface area contributed by atoms with Crippen LogP contribution in [0.4, 0.5) is 0 Å². The first-order valence-corrected chi connectivity index (χ1v) is 14.1. The summed E-state index contributed by atoms with van der Waals surface area (Å²) in [4.78, 5) is 39.7. The molecule has 7 rings (SSSR count). The number of carbonyl (C=O) groups is 3. The first-order valence-electron chi connectivity index (χ1n) is 14.1. The molecule has 3 aliphatic heterocycles. The highest BCUT2D eigenvalue weighted by Gasteiger charge is 2.81. The largest absolute Gasteiger partial charge is 0.506 e. The van der Waals surface area contributed by atoms with Crippen molar-refractivity contribution < 1.29 is 38.4 Å². The summed E-state index contributed by atoms with van der Waals surface area (Å²) in [5, 5.41) is 11.6. The molecule has 3 aliphatic carbocycles. The predicted molar refractivity (Wildman–Crippen MR) is 151 cm³/mol. The quantitative estimate of drug-likeness (QED) is 0.274. The monoisotopic (exact) mass is 560 g/mol. The van der Waals surface area contributed by atoms with Gasteiger partial charge in [-0.25, -0.2) is 0 Å². The van der Waals surface area contributed by atoms with Crippen LogP contribution in [0, 0.1) is 11.8 Å². The summed E-state index contributed by atoms with van der Waals surface area (Å²) in [6.07, 6.45) is 9.94. The Morgan fingerprint density at radius 1 is 1.10 bits per heavy atom. The van der Waals surface area contributed by atoms with E-state index in [1.807, 2.05) is 53.7 Å². The molecule has 1 aromatic rings. The summed E-state index contributed by atoms with van der Waals surface area (Å²) in [6, 6.07) is 0. The van der Waals surface area contributed by atoms with E-state index in [0.29, 0.717) is 47.5 Å². The van der Waals surface area contributed by atoms with Crippen LogP contribution in [0.2, 0.25) is 0 Å². The molecule has 4 bridgehead atoms. The minimum atomic E-state index is -1.53. The second kappa shape index (κ2) is 8.68. The SMILES string of the molecule is CC(C)=CCc1c2c(c(O)c3c1O[C@]14C(=CC5CC1C(C)(C)O[C@]4(C/C=C(/C)OC=O)C5=O)C3=O)C=CC(C)(C)O2. The van der Waals surface area contributed by atoms with Gasteiger partial charge in [0.25, 0.3) is 6.47 Å². The molecule has 2 fully saturated rings. The van der Waals surface area contributed by atoms with Crippen molar-refractivity contribution in [2.24, 2.45) is 11.8 Å². The number of allylic oxidation sites excluding steroid dienone is 4. The maximum Gasteiger partial charge on any atom is 0.298 e. The van der Waals surface area contributed by atoms with Crippen LogP contribution in [-0.2, 0) is 25.5 Å². The van der Waals surface area contributed by atoms with Crippen LogP contribution >= 0.6 is 0 Å². The molecule has 4 atom stereocenters. The first-order chi connectivity index (χ1) is 19.2. The molecule has 0 amide bonds. The third-order valence-electron chi connectivity index (χ3n) is 9.25. The second-order valence-corrected chi connectivity index (χ2v) is 13.1. The lowest BCUT2D eigenvalue weighted by Crippen LogP contribution is -2.72. The van der Waals surface area contributed by atoms with Crippen LogP contribution in [-0.4, -0.2) is 45.5 Å². The normalized spacial score (nSPS) is 31.3. The molecule has 8 nitrogen and oxygen atoms in total. The number of rotatable bonds is 6. The number of benzene rings is 1. The van der Waals surface area contributed by atoms with Crippen LogP contribution in [0.5, 0.6) is 17.2 Å². The summed E-state index contributed by atoms with van der Waals surface area (Å²) in [6.45, 7) is 13.6. The molecule has 3 heterocycles. The fraction of sp³-hybridized carbons (Fsp3) is 0.485. The van der Waals surface area contributed by atoms with Gasteiger partial charge in [-0.1, -0.05) is 17.7 Å². The highest BCUT2D eigenvalue weighted by molar-refractivity contribution is 6.19. The van der Waals surface area contributed by atoms with Crippen molar-refractivity contribution in [2.45, 2.75) is 90.1 Å². The van der Waals surface area contributed by atoms with Crippen molar-refractivity contribution in [2.75, 3.05) is 0 Å². The molecular formula is C33H36O8. The lowest BCUT2D eigenvalue weighted by atomic mass is 9.51. The van der Waals surface area contributed by atoms with Gasteiger partial charge >= 0.3 is 0 Å². The van der Waals surface area contributed by atoms with E-state index in [9.17, 15) is 19.5 Å². The lowest BCUT2D eigenvalue weighted by Gasteiger charge is -2.56. The Morgan fingerprint density at radius 3 is 2.51 bits per heavy atom. The molecule has 1 spiro atoms. The molecule has 0 radical (unpaired) electrons. The van der Waals surface area contributed by atoms with E-state index in [0.717, 1.165) is 5.57 Å². The third-order valence-corrected chi connectivity index (χ3v) is 9.25. The first kappa shape index (κ1) is 27.5. The van der Waals surface area contributed by atoms with Gasteiger partial charge in [0.15, 0.2) is 22.8 Å². The lowest BCUT2D eigenvalue weighted by molar-refractivity contribution is -0.171. The summed E-state index contributed by atoms with van der Waals surface area (Å²) < 4.78 is 25.2. The number of hydrogen-bond acceptors (Lipinski definition) is 8. The standard InChI is InChI=1S/C33H36O8/c1-17(2)8-9-21-27-20(11-12-30(4,5)39-27)25(35)24-26(36)22-14-19-15-23-31(6,7)41-32(29(19)37,13-10-18(3)38-16-34)33(22,23)40-28(21)24/h8,10-12,14,16,19,23,35H,9,13,15H2,1-7H3/b18-10-/t19?,23?,32-,33-/m1/s1. The Labute approximate surface area is 239 Å². The Morgan fingerprint density at radius 2 is 1.83 bits per heavy atom. The topological polar surface area (TPSA) is 108 Å². The molecule has 1 saturated carbocycles. The Balaban J connectivity index is 1.64. The van der Waals surface area contributed by atoms with E-state index in [2.05, 4.69) is 0 Å². The smallest absolute Gasteiger partial charge is 0.298 e. The molecule has 1 saturated heterocycles. The van der Waals surface area contributed by atoms with Gasteiger partial charge in [0, 0.05) is 29.4 Å². The summed E-state index contributed by atoms with van der Waals surface area (Å²) in [7, 11) is 0. The molecular weight excluding hydrogens is 524 g/mol. The van der Waals surface area contributed by atoms with Gasteiger partial charge in [-0.15, -0.1) is 0 Å². The average molecular weight is 561 g/mol. The van der Waals surface area contributed by atoms with Crippen molar-refractivity contribution in [1.29, 1.82) is 0 Å². The molecule has 1 N–H and O–H groups in total. The van der Waals surface area contributed by atoms with E-state index in [1.54, 1.807) is 25.2 Å². The third kappa shape index (κ3) is 3.59. The number of aromatic hydroxyl groups is 1. The summed E-state index contributed by atoms with van der Waals surface area (Å²) in [5.41, 5.74) is -1.89. The van der Waals surface area contributed by atoms with Gasteiger partial charge in [0.05, 0.1) is 11.2 Å². The molecule has 2 unspecified atom stereocenters. The minimum Gasteiger partial charge on any atom is -0.506 e. The van der Waals surface area contributed by atoms with Crippen molar-refractivity contribution in [3.05, 3.63) is 57.9 Å². The van der Waals surface area contributed by atoms with Crippen molar-refractivity contribution in [1.82, 2.24) is 0 Å². The van der Waals surface area contributed by atoms with Crippen LogP contribution in [0.15, 0.2) is 41.2 Å². The zero-order valence-electron chi connectivity index (χ0n) is 24.5. The number of ether oxygens (including phenoxy) is 4. The van der Waals surface area contributed by atoms with Gasteiger partial charge in [0.2, 0.25) is 0 Å². The number of phenols is 1. The van der Waals surface area contributed by atoms with Crippen LogP contribution < -0.4 is 9.47 Å². The van der Waals surface area contributed by atoms with Gasteiger partial charge in [0.1, 0.15) is 34.2 Å². The Hall–Kier alpha value is -3.65. The maximum absolute atomic E-state index is 14.5. The predicted octanol–water partition coefficient (Wildman–Crippen LogP) is 5.56. The molecule has 6 aliphatic rings. The summed E-state index contributed by atoms with van der Waals surface area (Å²) in [5.74, 6) is -0.617. The number of hydrogen-bond donors (Lipinski definition) is 1. The van der Waals surface area contributed by atoms with Crippen LogP contribution in [0.25, 0.3) is 6.08 Å². The van der Waals surface area contributed by atoms with E-state index in [1.165, 1.54) is 0 Å². The molecule has 1 aromatic carbocycles. The average Bonchev–Trinajstić information content (AvgIpc) is 3.04. The fourth-order valence-electron chi connectivity index (χ4n) is 7.47. The highest BCUT2D eigenvalue weighted by atomic mass is 16.6. The highest BCUT2D eigenvalue weighted by Crippen LogP contribution is 2.68. The zero-order chi connectivity index (χ0) is 29.7. The number of phenolic OH excluding ortho intramolecular Hbond substituents is 1. The second-order valence-electron chi connectivity index (χ2n) is 13.1. The molecule has 216 valence electrons. The van der Waals surface area contributed by atoms with Gasteiger partial charge in [-0.2, -0.15) is 0 Å². The van der Waals surface area contributed by atoms with E-state index in [4.69, 9.17) is 18.9 Å². The molecule has 41 heavy (non-hydrogen) atoms. The number of ketones is 2. The van der Waals surface area contributed by atoms with Crippen molar-refractivity contribution >= 4 is 24.1 Å². The van der Waals surface area contributed by atoms with Crippen molar-refractivity contribution in [3.8, 4) is 17.2 Å². The minimum absolute atomic E-state index is 0.0500. The molecule has 8 heteroatoms. The van der Waals surface area contributed by atoms with Gasteiger partial charge in [-0.3, -0.25) is 14.4 Å². The van der Waals surface area contributed by atoms with E-state index >= 15 is 0 Å². The number of carbonyl (C=O) groups excluding carboxylic acids is 3. The van der Waals surface area contributed by atoms with Crippen LogP contribution in [0.1, 0.15) is 82.8 Å². The maximum atomic E-state index is 14.5. The zero-order valence-corrected chi connectivity index (χ0v) is 24.5. The van der Waals surface area contributed by atoms with Gasteiger partial charge in [-0.05, 0) is 79.5 Å². The number of Topliss-reactive ketones (excluding diaryl/α,β-unsaturated/α-hetero) is 2.